The second-order valence-electron chi connectivity index (χ2n) is 8.24. The molecule has 1 aliphatic rings. The van der Waals surface area contributed by atoms with Crippen LogP contribution in [0.3, 0.4) is 0 Å². The van der Waals surface area contributed by atoms with Crippen LogP contribution in [0.1, 0.15) is 104 Å². The minimum absolute atomic E-state index is 0.184. The lowest BCUT2D eigenvalue weighted by atomic mass is 9.72. The molecule has 0 radical (unpaired) electrons. The quantitative estimate of drug-likeness (QED) is 0.102. The van der Waals surface area contributed by atoms with Crippen molar-refractivity contribution in [2.45, 2.75) is 116 Å². The van der Waals surface area contributed by atoms with E-state index in [0.717, 1.165) is 19.4 Å². The van der Waals surface area contributed by atoms with Crippen molar-refractivity contribution in [2.75, 3.05) is 27.9 Å². The van der Waals surface area contributed by atoms with Gasteiger partial charge in [-0.2, -0.15) is 0 Å². The van der Waals surface area contributed by atoms with Gasteiger partial charge < -0.3 is 18.9 Å². The molecule has 4 heteroatoms. The van der Waals surface area contributed by atoms with Gasteiger partial charge in [0.2, 0.25) is 0 Å². The fourth-order valence-corrected chi connectivity index (χ4v) is 4.44. The van der Waals surface area contributed by atoms with Gasteiger partial charge in [-0.25, -0.2) is 0 Å². The zero-order valence-corrected chi connectivity index (χ0v) is 20.4. The maximum Gasteiger partial charge on any atom is 0.290 e. The maximum atomic E-state index is 5.85. The number of unbranched alkanes of at least 4 members (excludes halogenated alkanes) is 9. The Balaban J connectivity index is 0.00000245. The van der Waals surface area contributed by atoms with Crippen molar-refractivity contribution in [1.82, 2.24) is 0 Å². The molecule has 1 aliphatic heterocycles. The number of hydrogen-bond donors (Lipinski definition) is 0. The molecule has 1 fully saturated rings. The molecule has 0 aromatic rings. The summed E-state index contributed by atoms with van der Waals surface area (Å²) in [6.07, 6.45) is 18.0. The smallest absolute Gasteiger partial charge is 0.290 e. The van der Waals surface area contributed by atoms with E-state index in [9.17, 15) is 0 Å². The summed E-state index contributed by atoms with van der Waals surface area (Å²) in [5.41, 5.74) is -0.220. The van der Waals surface area contributed by atoms with Gasteiger partial charge in [-0.1, -0.05) is 90.6 Å². The Labute approximate surface area is 181 Å². The summed E-state index contributed by atoms with van der Waals surface area (Å²) in [5, 5.41) is 0. The molecule has 2 atom stereocenters. The van der Waals surface area contributed by atoms with E-state index >= 15 is 0 Å². The van der Waals surface area contributed by atoms with Crippen LogP contribution in [0.5, 0.6) is 0 Å². The van der Waals surface area contributed by atoms with Crippen LogP contribution in [0.2, 0.25) is 0 Å². The van der Waals surface area contributed by atoms with Gasteiger partial charge in [0.25, 0.3) is 5.97 Å². The van der Waals surface area contributed by atoms with E-state index in [1.54, 1.807) is 27.4 Å². The number of rotatable bonds is 18. The van der Waals surface area contributed by atoms with E-state index in [0.29, 0.717) is 0 Å². The van der Waals surface area contributed by atoms with Crippen molar-refractivity contribution >= 4 is 0 Å². The predicted molar refractivity (Wildman–Crippen MR) is 123 cm³/mol. The monoisotopic (exact) mass is 414 g/mol. The third-order valence-corrected chi connectivity index (χ3v) is 6.07. The van der Waals surface area contributed by atoms with Gasteiger partial charge in [0.05, 0.1) is 18.1 Å². The minimum atomic E-state index is -1.01. The van der Waals surface area contributed by atoms with Crippen molar-refractivity contribution < 1.29 is 18.9 Å². The van der Waals surface area contributed by atoms with Crippen LogP contribution in [0.4, 0.5) is 0 Å². The predicted octanol–water partition coefficient (Wildman–Crippen LogP) is 7.27. The molecular formula is C25H50O4. The highest BCUT2D eigenvalue weighted by Crippen LogP contribution is 2.52. The van der Waals surface area contributed by atoms with Crippen LogP contribution in [0.25, 0.3) is 0 Å². The van der Waals surface area contributed by atoms with Crippen molar-refractivity contribution in [2.24, 2.45) is 5.41 Å². The third kappa shape index (κ3) is 9.50. The molecule has 1 heterocycles. The fourth-order valence-electron chi connectivity index (χ4n) is 4.44. The number of ether oxygens (including phenoxy) is 4. The average molecular weight is 415 g/mol. The molecule has 1 rings (SSSR count). The highest BCUT2D eigenvalue weighted by molar-refractivity contribution is 5.00. The van der Waals surface area contributed by atoms with Gasteiger partial charge in [-0.15, -0.1) is 6.58 Å². The molecule has 0 saturated carbocycles. The van der Waals surface area contributed by atoms with Crippen LogP contribution >= 0.6 is 0 Å². The Kier molecular flexibility index (Phi) is 17.0. The highest BCUT2D eigenvalue weighted by atomic mass is 16.9. The first-order valence-corrected chi connectivity index (χ1v) is 11.9. The largest absolute Gasteiger partial charge is 0.372 e. The second kappa shape index (κ2) is 17.3. The van der Waals surface area contributed by atoms with Crippen molar-refractivity contribution in [3.63, 3.8) is 0 Å². The topological polar surface area (TPSA) is 40.2 Å². The first-order valence-electron chi connectivity index (χ1n) is 11.9. The molecule has 1 saturated heterocycles. The molecule has 0 bridgehead atoms. The molecular weight excluding hydrogens is 364 g/mol. The minimum Gasteiger partial charge on any atom is -0.372 e. The normalized spacial score (nSPS) is 17.9. The van der Waals surface area contributed by atoms with Crippen molar-refractivity contribution in [3.8, 4) is 0 Å². The molecule has 0 aliphatic carbocycles. The van der Waals surface area contributed by atoms with E-state index in [1.807, 2.05) is 6.92 Å². The summed E-state index contributed by atoms with van der Waals surface area (Å²) in [5.74, 6) is -1.01. The highest BCUT2D eigenvalue weighted by Gasteiger charge is 2.61. The van der Waals surface area contributed by atoms with Crippen LogP contribution in [-0.2, 0) is 18.9 Å². The average Bonchev–Trinajstić information content (AvgIpc) is 3.57. The molecule has 0 aromatic carbocycles. The standard InChI is InChI=1S/C22H44O4.C3H6/c1-6-8-10-12-14-16-18-21(20-19-26-20,17-15-13-11-9-7-2)22(23-3,24-4)25-5;1-3-2/h20H,6-19H2,1-5H3;3H,1H2,2H3. The van der Waals surface area contributed by atoms with Gasteiger partial charge in [0, 0.05) is 21.3 Å². The lowest BCUT2D eigenvalue weighted by molar-refractivity contribution is -0.412. The van der Waals surface area contributed by atoms with E-state index in [1.165, 1.54) is 70.6 Å². The number of epoxide rings is 1. The number of methoxy groups -OCH3 is 3. The molecule has 0 amide bonds. The molecule has 0 aromatic heterocycles. The number of allylic oxidation sites excluding steroid dienone is 1. The molecule has 0 N–H and O–H groups in total. The van der Waals surface area contributed by atoms with E-state index in [2.05, 4.69) is 20.4 Å². The van der Waals surface area contributed by atoms with E-state index in [-0.39, 0.29) is 11.5 Å². The van der Waals surface area contributed by atoms with Crippen LogP contribution < -0.4 is 0 Å². The zero-order valence-electron chi connectivity index (χ0n) is 20.4. The molecule has 174 valence electrons. The van der Waals surface area contributed by atoms with Gasteiger partial charge in [-0.3, -0.25) is 0 Å². The Hall–Kier alpha value is -0.420. The van der Waals surface area contributed by atoms with Gasteiger partial charge in [0.15, 0.2) is 0 Å². The Morgan fingerprint density at radius 1 is 0.793 bits per heavy atom. The van der Waals surface area contributed by atoms with Crippen LogP contribution in [-0.4, -0.2) is 40.0 Å². The first-order chi connectivity index (χ1) is 14.1. The summed E-state index contributed by atoms with van der Waals surface area (Å²) in [4.78, 5) is 0. The Bertz CT molecular complexity index is 369. The Morgan fingerprint density at radius 2 is 1.14 bits per heavy atom. The van der Waals surface area contributed by atoms with Gasteiger partial charge in [0.1, 0.15) is 0 Å². The van der Waals surface area contributed by atoms with E-state index < -0.39 is 5.97 Å². The van der Waals surface area contributed by atoms with Gasteiger partial charge in [-0.05, 0) is 19.8 Å². The summed E-state index contributed by atoms with van der Waals surface area (Å²) in [7, 11) is 5.09. The Morgan fingerprint density at radius 3 is 1.45 bits per heavy atom. The van der Waals surface area contributed by atoms with E-state index in [4.69, 9.17) is 18.9 Å². The van der Waals surface area contributed by atoms with Crippen molar-refractivity contribution in [3.05, 3.63) is 12.7 Å². The van der Waals surface area contributed by atoms with Crippen molar-refractivity contribution in [1.29, 1.82) is 0 Å². The summed E-state index contributed by atoms with van der Waals surface area (Å²) in [6, 6.07) is 0. The van der Waals surface area contributed by atoms with Gasteiger partial charge >= 0.3 is 0 Å². The first kappa shape index (κ1) is 28.6. The SMILES string of the molecule is C=CC.CCCCCCCCC(CCCCCCC)(C1CO1)C(OC)(OC)OC. The zero-order chi connectivity index (χ0) is 22.0. The third-order valence-electron chi connectivity index (χ3n) is 6.07. The van der Waals surface area contributed by atoms with Crippen LogP contribution in [0.15, 0.2) is 12.7 Å². The summed E-state index contributed by atoms with van der Waals surface area (Å²) in [6.45, 7) is 10.6. The fraction of sp³-hybridized carbons (Fsp3) is 0.920. The lowest BCUT2D eigenvalue weighted by Crippen LogP contribution is -2.56. The molecule has 4 nitrogen and oxygen atoms in total. The molecule has 2 unspecified atom stereocenters. The van der Waals surface area contributed by atoms with Crippen LogP contribution in [0, 0.1) is 5.41 Å². The molecule has 0 spiro atoms. The second-order valence-corrected chi connectivity index (χ2v) is 8.24. The lowest BCUT2D eigenvalue weighted by Gasteiger charge is -2.46. The summed E-state index contributed by atoms with van der Waals surface area (Å²) >= 11 is 0. The maximum absolute atomic E-state index is 5.85. The number of hydrogen-bond acceptors (Lipinski definition) is 4. The summed E-state index contributed by atoms with van der Waals surface area (Å²) < 4.78 is 23.4. The molecule has 29 heavy (non-hydrogen) atoms.